The zero-order valence-corrected chi connectivity index (χ0v) is 14.1. The van der Waals surface area contributed by atoms with Crippen LogP contribution >= 0.6 is 15.9 Å². The van der Waals surface area contributed by atoms with Gasteiger partial charge in [-0.15, -0.1) is 0 Å². The maximum absolute atomic E-state index is 3.82. The molecule has 2 nitrogen and oxygen atoms in total. The van der Waals surface area contributed by atoms with E-state index in [0.717, 1.165) is 6.54 Å². The van der Waals surface area contributed by atoms with Gasteiger partial charge in [-0.3, -0.25) is 0 Å². The van der Waals surface area contributed by atoms with Crippen molar-refractivity contribution in [1.82, 2.24) is 10.3 Å². The number of halogens is 1. The number of aromatic amines is 1. The number of H-pyrrole nitrogens is 1. The molecule has 108 valence electrons. The number of hydrogen-bond donors (Lipinski definition) is 2. The molecule has 0 spiro atoms. The zero-order chi connectivity index (χ0) is 14.3. The first-order valence-electron chi connectivity index (χ1n) is 7.52. The van der Waals surface area contributed by atoms with Crippen molar-refractivity contribution < 1.29 is 0 Å². The highest BCUT2D eigenvalue weighted by Crippen LogP contribution is 2.36. The van der Waals surface area contributed by atoms with Crippen molar-refractivity contribution in [1.29, 1.82) is 0 Å². The summed E-state index contributed by atoms with van der Waals surface area (Å²) in [6.07, 6.45) is 3.83. The molecular formula is C17H23BrN2. The van der Waals surface area contributed by atoms with Crippen molar-refractivity contribution in [2.24, 2.45) is 0 Å². The average Bonchev–Trinajstić information content (AvgIpc) is 2.76. The second-order valence-electron chi connectivity index (χ2n) is 6.87. The Labute approximate surface area is 129 Å². The highest BCUT2D eigenvalue weighted by Gasteiger charge is 2.22. The lowest BCUT2D eigenvalue weighted by Crippen LogP contribution is -2.27. The first-order valence-corrected chi connectivity index (χ1v) is 8.31. The van der Waals surface area contributed by atoms with E-state index in [1.807, 2.05) is 0 Å². The standard InChI is InChI=1S/C17H23BrN2/c1-17(2,3)11-7-8-13-12(10-11)15(18)16(20-13)14-6-4-5-9-19-14/h7-8,10,14,19-20H,4-6,9H2,1-3H3. The Bertz CT molecular complexity index is 616. The van der Waals surface area contributed by atoms with E-state index in [0.29, 0.717) is 6.04 Å². The van der Waals surface area contributed by atoms with Gasteiger partial charge < -0.3 is 10.3 Å². The van der Waals surface area contributed by atoms with Crippen LogP contribution in [0.1, 0.15) is 57.3 Å². The first-order chi connectivity index (χ1) is 9.47. The van der Waals surface area contributed by atoms with Gasteiger partial charge in [0.2, 0.25) is 0 Å². The maximum atomic E-state index is 3.82. The Morgan fingerprint density at radius 3 is 2.65 bits per heavy atom. The van der Waals surface area contributed by atoms with Crippen molar-refractivity contribution in [3.8, 4) is 0 Å². The maximum Gasteiger partial charge on any atom is 0.0484 e. The van der Waals surface area contributed by atoms with Crippen molar-refractivity contribution >= 4 is 26.8 Å². The van der Waals surface area contributed by atoms with E-state index in [1.165, 1.54) is 45.9 Å². The molecule has 0 bridgehead atoms. The lowest BCUT2D eigenvalue weighted by atomic mass is 9.86. The second kappa shape index (κ2) is 5.19. The van der Waals surface area contributed by atoms with E-state index in [2.05, 4.69) is 65.2 Å². The summed E-state index contributed by atoms with van der Waals surface area (Å²) in [6.45, 7) is 7.91. The smallest absolute Gasteiger partial charge is 0.0484 e. The van der Waals surface area contributed by atoms with Crippen molar-refractivity contribution in [3.63, 3.8) is 0 Å². The molecule has 0 amide bonds. The summed E-state index contributed by atoms with van der Waals surface area (Å²) in [5, 5.41) is 4.93. The average molecular weight is 335 g/mol. The number of aromatic nitrogens is 1. The van der Waals surface area contributed by atoms with Gasteiger partial charge in [-0.2, -0.15) is 0 Å². The zero-order valence-electron chi connectivity index (χ0n) is 12.5. The number of benzene rings is 1. The predicted octanol–water partition coefficient (Wildman–Crippen LogP) is 5.04. The molecule has 3 heteroatoms. The minimum Gasteiger partial charge on any atom is -0.356 e. The Morgan fingerprint density at radius 2 is 2.00 bits per heavy atom. The molecule has 2 heterocycles. The number of hydrogen-bond acceptors (Lipinski definition) is 1. The third-order valence-corrected chi connectivity index (χ3v) is 5.14. The molecule has 1 fully saturated rings. The quantitative estimate of drug-likeness (QED) is 0.750. The van der Waals surface area contributed by atoms with Crippen LogP contribution in [-0.4, -0.2) is 11.5 Å². The van der Waals surface area contributed by atoms with Crippen molar-refractivity contribution in [2.75, 3.05) is 6.54 Å². The highest BCUT2D eigenvalue weighted by atomic mass is 79.9. The number of piperidine rings is 1. The SMILES string of the molecule is CC(C)(C)c1ccc2[nH]c(C3CCCCN3)c(Br)c2c1. The first kappa shape index (κ1) is 14.2. The molecule has 1 aliphatic rings. The van der Waals surface area contributed by atoms with E-state index in [1.54, 1.807) is 0 Å². The number of fused-ring (bicyclic) bond motifs is 1. The minimum atomic E-state index is 0.189. The molecule has 2 N–H and O–H groups in total. The van der Waals surface area contributed by atoms with Crippen molar-refractivity contribution in [3.05, 3.63) is 33.9 Å². The van der Waals surface area contributed by atoms with E-state index in [-0.39, 0.29) is 5.41 Å². The largest absolute Gasteiger partial charge is 0.356 e. The molecule has 1 atom stereocenters. The molecule has 1 aliphatic heterocycles. The Hall–Kier alpha value is -0.800. The Kier molecular flexibility index (Phi) is 3.67. The van der Waals surface area contributed by atoms with E-state index in [9.17, 15) is 0 Å². The van der Waals surface area contributed by atoms with E-state index >= 15 is 0 Å². The van der Waals surface area contributed by atoms with Gasteiger partial charge in [0.15, 0.2) is 0 Å². The van der Waals surface area contributed by atoms with Crippen LogP contribution in [0.2, 0.25) is 0 Å². The van der Waals surface area contributed by atoms with E-state index in [4.69, 9.17) is 0 Å². The molecule has 0 aliphatic carbocycles. The molecule has 1 unspecified atom stereocenters. The molecule has 0 saturated carbocycles. The lowest BCUT2D eigenvalue weighted by Gasteiger charge is -2.23. The summed E-state index contributed by atoms with van der Waals surface area (Å²) in [5.74, 6) is 0. The lowest BCUT2D eigenvalue weighted by molar-refractivity contribution is 0.406. The van der Waals surface area contributed by atoms with Gasteiger partial charge in [0.1, 0.15) is 0 Å². The molecule has 1 aromatic heterocycles. The fourth-order valence-electron chi connectivity index (χ4n) is 2.98. The highest BCUT2D eigenvalue weighted by molar-refractivity contribution is 9.10. The minimum absolute atomic E-state index is 0.189. The van der Waals surface area contributed by atoms with Crippen LogP contribution in [0.4, 0.5) is 0 Å². The molecule has 3 rings (SSSR count). The fourth-order valence-corrected chi connectivity index (χ4v) is 3.69. The van der Waals surface area contributed by atoms with Gasteiger partial charge in [0.25, 0.3) is 0 Å². The summed E-state index contributed by atoms with van der Waals surface area (Å²) in [5.41, 5.74) is 4.11. The third kappa shape index (κ3) is 2.53. The summed E-state index contributed by atoms with van der Waals surface area (Å²) in [7, 11) is 0. The Morgan fingerprint density at radius 1 is 1.20 bits per heavy atom. The predicted molar refractivity (Wildman–Crippen MR) is 89.3 cm³/mol. The monoisotopic (exact) mass is 334 g/mol. The van der Waals surface area contributed by atoms with Gasteiger partial charge in [-0.05, 0) is 58.4 Å². The van der Waals surface area contributed by atoms with Gasteiger partial charge >= 0.3 is 0 Å². The molecule has 2 aromatic rings. The number of rotatable bonds is 1. The molecule has 20 heavy (non-hydrogen) atoms. The summed E-state index contributed by atoms with van der Waals surface area (Å²) < 4.78 is 1.23. The van der Waals surface area contributed by atoms with Gasteiger partial charge in [-0.25, -0.2) is 0 Å². The summed E-state index contributed by atoms with van der Waals surface area (Å²) in [6, 6.07) is 7.24. The van der Waals surface area contributed by atoms with Crippen LogP contribution in [0.25, 0.3) is 10.9 Å². The second-order valence-corrected chi connectivity index (χ2v) is 7.66. The van der Waals surface area contributed by atoms with Crippen LogP contribution in [0.15, 0.2) is 22.7 Å². The van der Waals surface area contributed by atoms with Gasteiger partial charge in [-0.1, -0.05) is 33.3 Å². The van der Waals surface area contributed by atoms with E-state index < -0.39 is 0 Å². The van der Waals surface area contributed by atoms with Crippen LogP contribution in [0, 0.1) is 0 Å². The molecular weight excluding hydrogens is 312 g/mol. The molecule has 1 aromatic carbocycles. The van der Waals surface area contributed by atoms with Gasteiger partial charge in [0.05, 0.1) is 0 Å². The number of nitrogens with one attached hydrogen (secondary N) is 2. The van der Waals surface area contributed by atoms with Crippen LogP contribution in [0.3, 0.4) is 0 Å². The normalized spacial score (nSPS) is 20.5. The fraction of sp³-hybridized carbons (Fsp3) is 0.529. The van der Waals surface area contributed by atoms with Crippen LogP contribution < -0.4 is 5.32 Å². The van der Waals surface area contributed by atoms with Crippen LogP contribution in [-0.2, 0) is 5.41 Å². The molecule has 0 radical (unpaired) electrons. The topological polar surface area (TPSA) is 27.8 Å². The Balaban J connectivity index is 2.05. The van der Waals surface area contributed by atoms with Crippen molar-refractivity contribution in [2.45, 2.75) is 51.5 Å². The summed E-state index contributed by atoms with van der Waals surface area (Å²) >= 11 is 3.82. The molecule has 1 saturated heterocycles. The van der Waals surface area contributed by atoms with Gasteiger partial charge in [0, 0.05) is 27.1 Å². The summed E-state index contributed by atoms with van der Waals surface area (Å²) in [4.78, 5) is 3.60. The third-order valence-electron chi connectivity index (χ3n) is 4.29. The van der Waals surface area contributed by atoms with Crippen LogP contribution in [0.5, 0.6) is 0 Å².